The summed E-state index contributed by atoms with van der Waals surface area (Å²) in [5.41, 5.74) is 11.7. The highest BCUT2D eigenvalue weighted by Gasteiger charge is 2.39. The molecule has 0 radical (unpaired) electrons. The Morgan fingerprint density at radius 2 is 1.52 bits per heavy atom. The maximum Gasteiger partial charge on any atom is 0.429 e. The van der Waals surface area contributed by atoms with Gasteiger partial charge in [0.25, 0.3) is 0 Å². The fraction of sp³-hybridized carbons (Fsp3) is 0.222. The third-order valence-electron chi connectivity index (χ3n) is 5.18. The lowest BCUT2D eigenvalue weighted by molar-refractivity contribution is -0.187. The molecule has 0 aliphatic rings. The second-order valence-corrected chi connectivity index (χ2v) is 8.44. The molecular weight excluding hydrogens is 549 g/mol. The predicted octanol–water partition coefficient (Wildman–Crippen LogP) is 6.74. The van der Waals surface area contributed by atoms with Crippen LogP contribution in [0.1, 0.15) is 29.5 Å². The standard InChI is InChI=1S/C27H23F7N2O4/c28-24-21(7-8-22(25(24)29)38-11-1-10-26(30,31)32)27(33,34)40-20-5-2-16(3-6-20)4-9-23(37)39-15-17-12-18(35)14-19(36)13-17/h2-9,12-14H,1,10-11,15,35-36H2/b9-4+. The number of carbonyl (C=O) groups excluding carboxylic acids is 1. The van der Waals surface area contributed by atoms with Gasteiger partial charge in [-0.3, -0.25) is 0 Å². The summed E-state index contributed by atoms with van der Waals surface area (Å²) >= 11 is 0. The molecule has 0 aliphatic heterocycles. The highest BCUT2D eigenvalue weighted by atomic mass is 19.4. The summed E-state index contributed by atoms with van der Waals surface area (Å²) in [6.07, 6.45) is -8.06. The Bertz CT molecular complexity index is 1340. The number of rotatable bonds is 11. The first-order chi connectivity index (χ1) is 18.7. The topological polar surface area (TPSA) is 96.8 Å². The van der Waals surface area contributed by atoms with Gasteiger partial charge in [-0.05, 0) is 66.1 Å². The number of carbonyl (C=O) groups is 1. The number of halogens is 7. The van der Waals surface area contributed by atoms with E-state index in [-0.39, 0.29) is 6.61 Å². The van der Waals surface area contributed by atoms with Gasteiger partial charge in [-0.1, -0.05) is 12.1 Å². The molecule has 40 heavy (non-hydrogen) atoms. The van der Waals surface area contributed by atoms with E-state index in [1.165, 1.54) is 18.2 Å². The van der Waals surface area contributed by atoms with Crippen molar-refractivity contribution in [1.82, 2.24) is 0 Å². The van der Waals surface area contributed by atoms with E-state index in [1.807, 2.05) is 0 Å². The van der Waals surface area contributed by atoms with Gasteiger partial charge >= 0.3 is 18.3 Å². The van der Waals surface area contributed by atoms with Gasteiger partial charge in [0.2, 0.25) is 5.82 Å². The minimum atomic E-state index is -4.45. The molecule has 0 saturated carbocycles. The molecule has 214 valence electrons. The van der Waals surface area contributed by atoms with Crippen molar-refractivity contribution in [2.24, 2.45) is 0 Å². The van der Waals surface area contributed by atoms with Crippen molar-refractivity contribution in [3.8, 4) is 11.5 Å². The third-order valence-corrected chi connectivity index (χ3v) is 5.18. The number of ether oxygens (including phenoxy) is 3. The van der Waals surface area contributed by atoms with Crippen molar-refractivity contribution in [3.05, 3.63) is 89.0 Å². The van der Waals surface area contributed by atoms with Crippen LogP contribution in [0, 0.1) is 11.6 Å². The van der Waals surface area contributed by atoms with Crippen LogP contribution in [0.4, 0.5) is 42.1 Å². The molecule has 3 rings (SSSR count). The number of nitrogen functional groups attached to an aromatic ring is 2. The molecule has 6 nitrogen and oxygen atoms in total. The number of anilines is 2. The van der Waals surface area contributed by atoms with Crippen molar-refractivity contribution in [2.45, 2.75) is 31.7 Å². The van der Waals surface area contributed by atoms with Gasteiger partial charge in [-0.25, -0.2) is 9.18 Å². The maximum atomic E-state index is 14.6. The van der Waals surface area contributed by atoms with E-state index in [0.29, 0.717) is 34.6 Å². The van der Waals surface area contributed by atoms with Crippen LogP contribution < -0.4 is 20.9 Å². The summed E-state index contributed by atoms with van der Waals surface area (Å²) in [7, 11) is 0. The van der Waals surface area contributed by atoms with Crippen LogP contribution in [0.15, 0.2) is 60.7 Å². The molecule has 0 heterocycles. The van der Waals surface area contributed by atoms with E-state index in [9.17, 15) is 35.5 Å². The quantitative estimate of drug-likeness (QED) is 0.0869. The second-order valence-electron chi connectivity index (χ2n) is 8.44. The number of benzene rings is 3. The number of esters is 1. The zero-order chi connectivity index (χ0) is 29.5. The number of alkyl halides is 5. The van der Waals surface area contributed by atoms with Crippen LogP contribution in [0.5, 0.6) is 11.5 Å². The summed E-state index contributed by atoms with van der Waals surface area (Å²) in [5.74, 6) is -5.68. The lowest BCUT2D eigenvalue weighted by atomic mass is 10.1. The highest BCUT2D eigenvalue weighted by molar-refractivity contribution is 5.87. The molecule has 4 N–H and O–H groups in total. The van der Waals surface area contributed by atoms with Gasteiger partial charge < -0.3 is 25.7 Å². The Kier molecular flexibility index (Phi) is 9.51. The minimum absolute atomic E-state index is 0.0808. The van der Waals surface area contributed by atoms with Crippen molar-refractivity contribution in [2.75, 3.05) is 18.1 Å². The first-order valence-electron chi connectivity index (χ1n) is 11.6. The lowest BCUT2D eigenvalue weighted by Crippen LogP contribution is -2.24. The van der Waals surface area contributed by atoms with E-state index in [2.05, 4.69) is 4.74 Å². The average Bonchev–Trinajstić information content (AvgIpc) is 2.86. The summed E-state index contributed by atoms with van der Waals surface area (Å²) in [6.45, 7) is -0.680. The van der Waals surface area contributed by atoms with Crippen LogP contribution in [-0.2, 0) is 22.2 Å². The summed E-state index contributed by atoms with van der Waals surface area (Å²) in [6, 6.07) is 10.8. The molecule has 13 heteroatoms. The average molecular weight is 572 g/mol. The SMILES string of the molecule is Nc1cc(N)cc(COC(=O)/C=C/c2ccc(OC(F)(F)c3ccc(OCCCC(F)(F)F)c(F)c3F)cc2)c1. The number of hydrogen-bond donors (Lipinski definition) is 2. The van der Waals surface area contributed by atoms with Gasteiger partial charge in [0.1, 0.15) is 17.9 Å². The van der Waals surface area contributed by atoms with Gasteiger partial charge in [0, 0.05) is 23.9 Å². The molecule has 0 spiro atoms. The first-order valence-corrected chi connectivity index (χ1v) is 11.6. The zero-order valence-electron chi connectivity index (χ0n) is 20.6. The van der Waals surface area contributed by atoms with Crippen LogP contribution in [-0.4, -0.2) is 18.8 Å². The monoisotopic (exact) mass is 572 g/mol. The maximum absolute atomic E-state index is 14.6. The Labute approximate surface area is 223 Å². The van der Waals surface area contributed by atoms with Crippen molar-refractivity contribution < 1.29 is 49.7 Å². The zero-order valence-corrected chi connectivity index (χ0v) is 20.6. The van der Waals surface area contributed by atoms with E-state index in [4.69, 9.17) is 20.9 Å². The van der Waals surface area contributed by atoms with Gasteiger partial charge in [0.15, 0.2) is 11.6 Å². The molecule has 0 atom stereocenters. The van der Waals surface area contributed by atoms with E-state index < -0.39 is 66.4 Å². The summed E-state index contributed by atoms with van der Waals surface area (Å²) in [4.78, 5) is 12.0. The molecule has 0 fully saturated rings. The van der Waals surface area contributed by atoms with Gasteiger partial charge in [-0.2, -0.15) is 26.3 Å². The molecule has 0 amide bonds. The Balaban J connectivity index is 1.58. The second kappa shape index (κ2) is 12.6. The van der Waals surface area contributed by atoms with Crippen LogP contribution in [0.25, 0.3) is 6.08 Å². The third kappa shape index (κ3) is 8.82. The fourth-order valence-electron chi connectivity index (χ4n) is 3.37. The smallest absolute Gasteiger partial charge is 0.429 e. The molecule has 0 saturated heterocycles. The van der Waals surface area contributed by atoms with Crippen LogP contribution >= 0.6 is 0 Å². The van der Waals surface area contributed by atoms with E-state index in [1.54, 1.807) is 18.2 Å². The predicted molar refractivity (Wildman–Crippen MR) is 132 cm³/mol. The largest absolute Gasteiger partial charge is 0.490 e. The molecular formula is C27H23F7N2O4. The molecule has 0 unspecified atom stereocenters. The number of nitrogens with two attached hydrogens (primary N) is 2. The van der Waals surface area contributed by atoms with Crippen molar-refractivity contribution >= 4 is 23.4 Å². The highest BCUT2D eigenvalue weighted by Crippen LogP contribution is 2.36. The van der Waals surface area contributed by atoms with Crippen LogP contribution in [0.2, 0.25) is 0 Å². The first kappa shape index (κ1) is 30.1. The van der Waals surface area contributed by atoms with Crippen LogP contribution in [0.3, 0.4) is 0 Å². The Morgan fingerprint density at radius 1 is 0.875 bits per heavy atom. The van der Waals surface area contributed by atoms with Crippen molar-refractivity contribution in [1.29, 1.82) is 0 Å². The van der Waals surface area contributed by atoms with Gasteiger partial charge in [-0.15, -0.1) is 0 Å². The number of hydrogen-bond acceptors (Lipinski definition) is 6. The molecule has 0 aromatic heterocycles. The lowest BCUT2D eigenvalue weighted by Gasteiger charge is -2.20. The molecule has 3 aromatic carbocycles. The van der Waals surface area contributed by atoms with Crippen molar-refractivity contribution in [3.63, 3.8) is 0 Å². The Morgan fingerprint density at radius 3 is 2.15 bits per heavy atom. The molecule has 0 bridgehead atoms. The summed E-state index contributed by atoms with van der Waals surface area (Å²) < 4.78 is 109. The van der Waals surface area contributed by atoms with E-state index in [0.717, 1.165) is 18.2 Å². The van der Waals surface area contributed by atoms with Gasteiger partial charge in [0.05, 0.1) is 6.61 Å². The minimum Gasteiger partial charge on any atom is -0.490 e. The molecule has 3 aromatic rings. The Hall–Kier alpha value is -4.42. The van der Waals surface area contributed by atoms with E-state index >= 15 is 0 Å². The normalized spacial score (nSPS) is 12.0. The fourth-order valence-corrected chi connectivity index (χ4v) is 3.37. The summed E-state index contributed by atoms with van der Waals surface area (Å²) in [5, 5.41) is 0. The molecule has 0 aliphatic carbocycles.